The van der Waals surface area contributed by atoms with E-state index < -0.39 is 0 Å². The molecule has 3 nitrogen and oxygen atoms in total. The van der Waals surface area contributed by atoms with Crippen LogP contribution in [0.4, 0.5) is 0 Å². The van der Waals surface area contributed by atoms with Crippen molar-refractivity contribution in [1.29, 1.82) is 0 Å². The van der Waals surface area contributed by atoms with Crippen molar-refractivity contribution in [3.8, 4) is 0 Å². The van der Waals surface area contributed by atoms with Gasteiger partial charge in [0.1, 0.15) is 5.82 Å². The Morgan fingerprint density at radius 3 is 2.82 bits per heavy atom. The van der Waals surface area contributed by atoms with Crippen molar-refractivity contribution in [2.24, 2.45) is 5.92 Å². The molecule has 0 amide bonds. The summed E-state index contributed by atoms with van der Waals surface area (Å²) in [6.07, 6.45) is 9.35. The number of hydrogen-bond donors (Lipinski definition) is 1. The van der Waals surface area contributed by atoms with Gasteiger partial charge in [-0.3, -0.25) is 0 Å². The van der Waals surface area contributed by atoms with Crippen molar-refractivity contribution in [2.45, 2.75) is 58.5 Å². The van der Waals surface area contributed by atoms with E-state index in [9.17, 15) is 0 Å². The second kappa shape index (κ2) is 5.67. The number of aromatic nitrogens is 2. The number of nitrogens with zero attached hydrogens (tertiary/aromatic N) is 2. The van der Waals surface area contributed by atoms with Crippen LogP contribution in [0.25, 0.3) is 0 Å². The first kappa shape index (κ1) is 12.6. The van der Waals surface area contributed by atoms with Gasteiger partial charge in [-0.2, -0.15) is 0 Å². The van der Waals surface area contributed by atoms with Gasteiger partial charge < -0.3 is 9.88 Å². The first-order valence-electron chi connectivity index (χ1n) is 6.99. The number of imidazole rings is 1. The number of nitrogens with one attached hydrogen (secondary N) is 1. The van der Waals surface area contributed by atoms with E-state index in [2.05, 4.69) is 41.8 Å². The molecule has 3 heteroatoms. The molecule has 3 atom stereocenters. The molecule has 1 saturated carbocycles. The second-order valence-corrected chi connectivity index (χ2v) is 5.20. The molecule has 1 aromatic heterocycles. The largest absolute Gasteiger partial charge is 0.331 e. The van der Waals surface area contributed by atoms with Gasteiger partial charge in [0, 0.05) is 18.4 Å². The summed E-state index contributed by atoms with van der Waals surface area (Å²) in [5.74, 6) is 2.03. The average molecular weight is 235 g/mol. The minimum Gasteiger partial charge on any atom is -0.331 e. The van der Waals surface area contributed by atoms with E-state index >= 15 is 0 Å². The molecule has 3 unspecified atom stereocenters. The number of hydrogen-bond acceptors (Lipinski definition) is 2. The Bertz CT molecular complexity index is 345. The van der Waals surface area contributed by atoms with Gasteiger partial charge in [0.2, 0.25) is 0 Å². The smallest absolute Gasteiger partial charge is 0.105 e. The molecular weight excluding hydrogens is 210 g/mol. The summed E-state index contributed by atoms with van der Waals surface area (Å²) in [4.78, 5) is 4.37. The molecule has 96 valence electrons. The molecule has 2 rings (SSSR count). The van der Waals surface area contributed by atoms with Crippen molar-refractivity contribution >= 4 is 0 Å². The lowest BCUT2D eigenvalue weighted by atomic mass is 9.80. The highest BCUT2D eigenvalue weighted by Crippen LogP contribution is 2.34. The van der Waals surface area contributed by atoms with Crippen molar-refractivity contribution in [3.05, 3.63) is 18.2 Å². The molecule has 0 aliphatic heterocycles. The third-order valence-electron chi connectivity index (χ3n) is 4.19. The topological polar surface area (TPSA) is 29.9 Å². The summed E-state index contributed by atoms with van der Waals surface area (Å²) in [5, 5.41) is 3.65. The van der Waals surface area contributed by atoms with E-state index in [0.717, 1.165) is 18.3 Å². The van der Waals surface area contributed by atoms with Crippen molar-refractivity contribution in [3.63, 3.8) is 0 Å². The maximum Gasteiger partial charge on any atom is 0.105 e. The average Bonchev–Trinajstić information content (AvgIpc) is 2.76. The van der Waals surface area contributed by atoms with E-state index in [-0.39, 0.29) is 0 Å². The lowest BCUT2D eigenvalue weighted by molar-refractivity contribution is 0.201. The Labute approximate surface area is 105 Å². The Morgan fingerprint density at radius 2 is 2.24 bits per heavy atom. The highest BCUT2D eigenvalue weighted by molar-refractivity contribution is 4.98. The minimum atomic E-state index is 0.594. The van der Waals surface area contributed by atoms with E-state index in [0.29, 0.717) is 12.1 Å². The summed E-state index contributed by atoms with van der Waals surface area (Å²) in [5.41, 5.74) is 0. The van der Waals surface area contributed by atoms with E-state index in [4.69, 9.17) is 0 Å². The second-order valence-electron chi connectivity index (χ2n) is 5.20. The molecule has 1 fully saturated rings. The van der Waals surface area contributed by atoms with Crippen LogP contribution in [-0.4, -0.2) is 22.1 Å². The Balaban J connectivity index is 2.16. The fourth-order valence-corrected chi connectivity index (χ4v) is 3.15. The van der Waals surface area contributed by atoms with Crippen molar-refractivity contribution in [2.75, 3.05) is 6.54 Å². The van der Waals surface area contributed by atoms with Gasteiger partial charge >= 0.3 is 0 Å². The van der Waals surface area contributed by atoms with Gasteiger partial charge in [-0.15, -0.1) is 0 Å². The van der Waals surface area contributed by atoms with Gasteiger partial charge in [0.05, 0.1) is 6.04 Å². The number of likely N-dealkylation sites (N-methyl/N-ethyl adjacent to an activating group) is 1. The van der Waals surface area contributed by atoms with Crippen LogP contribution in [0, 0.1) is 12.8 Å². The summed E-state index contributed by atoms with van der Waals surface area (Å²) >= 11 is 0. The fraction of sp³-hybridized carbons (Fsp3) is 0.786. The molecule has 0 aromatic carbocycles. The van der Waals surface area contributed by atoms with Gasteiger partial charge in [-0.05, 0) is 38.6 Å². The lowest BCUT2D eigenvalue weighted by Crippen LogP contribution is -2.41. The minimum absolute atomic E-state index is 0.594. The van der Waals surface area contributed by atoms with Crippen LogP contribution in [-0.2, 0) is 0 Å². The zero-order valence-electron chi connectivity index (χ0n) is 11.3. The zero-order valence-corrected chi connectivity index (χ0v) is 11.3. The monoisotopic (exact) mass is 235 g/mol. The van der Waals surface area contributed by atoms with E-state index in [1.807, 2.05) is 6.20 Å². The molecule has 0 spiro atoms. The van der Waals surface area contributed by atoms with Crippen LogP contribution in [0.5, 0.6) is 0 Å². The predicted octanol–water partition coefficient (Wildman–Crippen LogP) is 2.92. The molecule has 1 heterocycles. The molecule has 1 aliphatic carbocycles. The molecule has 1 N–H and O–H groups in total. The lowest BCUT2D eigenvalue weighted by Gasteiger charge is -2.37. The standard InChI is InChI=1S/C14H25N3/c1-4-12-6-7-13(15-5-2)14(10-12)17-9-8-16-11(17)3/h8-9,12-15H,4-7,10H2,1-3H3. The molecule has 1 aromatic rings. The van der Waals surface area contributed by atoms with Crippen LogP contribution >= 0.6 is 0 Å². The normalized spacial score (nSPS) is 29.5. The summed E-state index contributed by atoms with van der Waals surface area (Å²) in [6.45, 7) is 7.68. The first-order valence-corrected chi connectivity index (χ1v) is 6.99. The van der Waals surface area contributed by atoms with Crippen LogP contribution in [0.1, 0.15) is 51.4 Å². The number of aryl methyl sites for hydroxylation is 1. The van der Waals surface area contributed by atoms with Crippen molar-refractivity contribution in [1.82, 2.24) is 14.9 Å². The fourth-order valence-electron chi connectivity index (χ4n) is 3.15. The third-order valence-corrected chi connectivity index (χ3v) is 4.19. The van der Waals surface area contributed by atoms with Crippen LogP contribution in [0.15, 0.2) is 12.4 Å². The molecule has 0 radical (unpaired) electrons. The van der Waals surface area contributed by atoms with Crippen LogP contribution in [0.2, 0.25) is 0 Å². The SMILES string of the molecule is CCNC1CCC(CC)CC1n1ccnc1C. The quantitative estimate of drug-likeness (QED) is 0.869. The number of rotatable bonds is 4. The Hall–Kier alpha value is -0.830. The highest BCUT2D eigenvalue weighted by Gasteiger charge is 2.30. The molecule has 1 aliphatic rings. The van der Waals surface area contributed by atoms with Gasteiger partial charge in [0.15, 0.2) is 0 Å². The van der Waals surface area contributed by atoms with Gasteiger partial charge in [0.25, 0.3) is 0 Å². The maximum atomic E-state index is 4.37. The molecule has 0 bridgehead atoms. The summed E-state index contributed by atoms with van der Waals surface area (Å²) in [6, 6.07) is 1.21. The highest BCUT2D eigenvalue weighted by atomic mass is 15.1. The molecule has 0 saturated heterocycles. The molecular formula is C14H25N3. The third kappa shape index (κ3) is 2.71. The predicted molar refractivity (Wildman–Crippen MR) is 71.1 cm³/mol. The summed E-state index contributed by atoms with van der Waals surface area (Å²) < 4.78 is 2.37. The Kier molecular flexibility index (Phi) is 4.21. The Morgan fingerprint density at radius 1 is 1.41 bits per heavy atom. The first-order chi connectivity index (χ1) is 8.26. The zero-order chi connectivity index (χ0) is 12.3. The van der Waals surface area contributed by atoms with Crippen LogP contribution < -0.4 is 5.32 Å². The van der Waals surface area contributed by atoms with Crippen molar-refractivity contribution < 1.29 is 0 Å². The summed E-state index contributed by atoms with van der Waals surface area (Å²) in [7, 11) is 0. The van der Waals surface area contributed by atoms with E-state index in [1.165, 1.54) is 25.7 Å². The molecule has 17 heavy (non-hydrogen) atoms. The van der Waals surface area contributed by atoms with Gasteiger partial charge in [-0.1, -0.05) is 20.3 Å². The maximum absolute atomic E-state index is 4.37. The van der Waals surface area contributed by atoms with Gasteiger partial charge in [-0.25, -0.2) is 4.98 Å². The van der Waals surface area contributed by atoms with Crippen LogP contribution in [0.3, 0.4) is 0 Å². The van der Waals surface area contributed by atoms with E-state index in [1.54, 1.807) is 0 Å².